The second-order valence-electron chi connectivity index (χ2n) is 7.23. The van der Waals surface area contributed by atoms with Gasteiger partial charge in [-0.1, -0.05) is 12.8 Å². The predicted molar refractivity (Wildman–Crippen MR) is 93.9 cm³/mol. The van der Waals surface area contributed by atoms with E-state index in [0.29, 0.717) is 19.8 Å². The SMILES string of the molecule is O=C(c1ccc(OCC2CCCO2)cc1)N1CCOC2CCCCC21. The number of ether oxygens (including phenoxy) is 3. The Labute approximate surface area is 149 Å². The zero-order valence-corrected chi connectivity index (χ0v) is 14.7. The molecule has 0 N–H and O–H groups in total. The molecule has 0 aromatic heterocycles. The Kier molecular flexibility index (Phi) is 5.22. The highest BCUT2D eigenvalue weighted by Gasteiger charge is 2.36. The van der Waals surface area contributed by atoms with Crippen molar-refractivity contribution in [1.29, 1.82) is 0 Å². The summed E-state index contributed by atoms with van der Waals surface area (Å²) in [6, 6.07) is 7.77. The van der Waals surface area contributed by atoms with E-state index in [1.54, 1.807) is 0 Å². The van der Waals surface area contributed by atoms with Crippen molar-refractivity contribution in [1.82, 2.24) is 4.90 Å². The molecule has 2 aliphatic heterocycles. The Hall–Kier alpha value is -1.59. The first kappa shape index (κ1) is 16.9. The fourth-order valence-corrected chi connectivity index (χ4v) is 4.17. The maximum atomic E-state index is 12.9. The summed E-state index contributed by atoms with van der Waals surface area (Å²) in [4.78, 5) is 15.0. The molecule has 1 aromatic carbocycles. The van der Waals surface area contributed by atoms with Gasteiger partial charge in [-0.15, -0.1) is 0 Å². The van der Waals surface area contributed by atoms with Crippen LogP contribution < -0.4 is 4.74 Å². The minimum Gasteiger partial charge on any atom is -0.491 e. The number of amides is 1. The Morgan fingerprint density at radius 1 is 1.04 bits per heavy atom. The lowest BCUT2D eigenvalue weighted by Gasteiger charge is -2.43. The normalized spacial score (nSPS) is 29.3. The van der Waals surface area contributed by atoms with Gasteiger partial charge < -0.3 is 19.1 Å². The molecule has 3 unspecified atom stereocenters. The summed E-state index contributed by atoms with van der Waals surface area (Å²) < 4.78 is 17.2. The van der Waals surface area contributed by atoms with Crippen molar-refractivity contribution in [2.24, 2.45) is 0 Å². The van der Waals surface area contributed by atoms with Crippen LogP contribution in [-0.4, -0.2) is 55.4 Å². The number of nitrogens with zero attached hydrogens (tertiary/aromatic N) is 1. The van der Waals surface area contributed by atoms with E-state index in [-0.39, 0.29) is 24.2 Å². The number of rotatable bonds is 4. The second-order valence-corrected chi connectivity index (χ2v) is 7.23. The Morgan fingerprint density at radius 2 is 1.88 bits per heavy atom. The van der Waals surface area contributed by atoms with Crippen molar-refractivity contribution in [2.45, 2.75) is 56.8 Å². The van der Waals surface area contributed by atoms with E-state index in [4.69, 9.17) is 14.2 Å². The van der Waals surface area contributed by atoms with E-state index >= 15 is 0 Å². The van der Waals surface area contributed by atoms with Gasteiger partial charge in [0.1, 0.15) is 12.4 Å². The van der Waals surface area contributed by atoms with Crippen molar-refractivity contribution < 1.29 is 19.0 Å². The number of morpholine rings is 1. The van der Waals surface area contributed by atoms with Crippen LogP contribution >= 0.6 is 0 Å². The van der Waals surface area contributed by atoms with Gasteiger partial charge in [-0.05, 0) is 49.9 Å². The largest absolute Gasteiger partial charge is 0.491 e. The van der Waals surface area contributed by atoms with E-state index in [9.17, 15) is 4.79 Å². The summed E-state index contributed by atoms with van der Waals surface area (Å²) in [6.07, 6.45) is 7.13. The lowest BCUT2D eigenvalue weighted by molar-refractivity contribution is -0.0752. The van der Waals surface area contributed by atoms with E-state index in [0.717, 1.165) is 43.6 Å². The molecule has 136 valence electrons. The molecule has 25 heavy (non-hydrogen) atoms. The number of fused-ring (bicyclic) bond motifs is 1. The molecule has 3 aliphatic rings. The molecule has 1 amide bonds. The van der Waals surface area contributed by atoms with E-state index in [1.165, 1.54) is 12.8 Å². The summed E-state index contributed by atoms with van der Waals surface area (Å²) in [5, 5.41) is 0. The van der Waals surface area contributed by atoms with E-state index < -0.39 is 0 Å². The number of hydrogen-bond acceptors (Lipinski definition) is 4. The molecule has 2 heterocycles. The van der Waals surface area contributed by atoms with Crippen LogP contribution in [0.1, 0.15) is 48.9 Å². The Balaban J connectivity index is 1.37. The number of benzene rings is 1. The molecule has 3 fully saturated rings. The minimum absolute atomic E-state index is 0.117. The quantitative estimate of drug-likeness (QED) is 0.842. The Bertz CT molecular complexity index is 580. The van der Waals surface area contributed by atoms with Gasteiger partial charge in [-0.2, -0.15) is 0 Å². The van der Waals surface area contributed by atoms with Gasteiger partial charge in [-0.25, -0.2) is 0 Å². The van der Waals surface area contributed by atoms with E-state index in [2.05, 4.69) is 0 Å². The van der Waals surface area contributed by atoms with Crippen LogP contribution in [-0.2, 0) is 9.47 Å². The van der Waals surface area contributed by atoms with Crippen LogP contribution in [0.3, 0.4) is 0 Å². The maximum absolute atomic E-state index is 12.9. The first-order valence-corrected chi connectivity index (χ1v) is 9.58. The molecule has 0 spiro atoms. The molecule has 5 heteroatoms. The monoisotopic (exact) mass is 345 g/mol. The number of carbonyl (C=O) groups is 1. The standard InChI is InChI=1S/C20H27NO4/c22-20(21-11-13-24-19-6-2-1-5-18(19)21)15-7-9-16(10-8-15)25-14-17-4-3-12-23-17/h7-10,17-19H,1-6,11-14H2. The summed E-state index contributed by atoms with van der Waals surface area (Å²) in [7, 11) is 0. The molecular formula is C20H27NO4. The van der Waals surface area contributed by atoms with Gasteiger partial charge in [0.2, 0.25) is 0 Å². The third-order valence-electron chi connectivity index (χ3n) is 5.55. The fraction of sp³-hybridized carbons (Fsp3) is 0.650. The average Bonchev–Trinajstić information content (AvgIpc) is 3.19. The molecule has 0 radical (unpaired) electrons. The van der Waals surface area contributed by atoms with Crippen LogP contribution in [0.25, 0.3) is 0 Å². The zero-order valence-electron chi connectivity index (χ0n) is 14.7. The van der Waals surface area contributed by atoms with Crippen LogP contribution in [0.4, 0.5) is 0 Å². The first-order valence-electron chi connectivity index (χ1n) is 9.58. The summed E-state index contributed by atoms with van der Waals surface area (Å²) in [6.45, 7) is 2.76. The summed E-state index contributed by atoms with van der Waals surface area (Å²) in [5.74, 6) is 0.912. The lowest BCUT2D eigenvalue weighted by atomic mass is 9.89. The van der Waals surface area contributed by atoms with Crippen molar-refractivity contribution in [3.63, 3.8) is 0 Å². The van der Waals surface area contributed by atoms with Crippen molar-refractivity contribution in [2.75, 3.05) is 26.4 Å². The molecule has 4 rings (SSSR count). The van der Waals surface area contributed by atoms with Gasteiger partial charge in [0.25, 0.3) is 5.91 Å². The zero-order chi connectivity index (χ0) is 17.1. The van der Waals surface area contributed by atoms with Crippen LogP contribution in [0, 0.1) is 0 Å². The van der Waals surface area contributed by atoms with Gasteiger partial charge in [0.05, 0.1) is 24.9 Å². The van der Waals surface area contributed by atoms with Crippen LogP contribution in [0.5, 0.6) is 5.75 Å². The molecule has 5 nitrogen and oxygen atoms in total. The van der Waals surface area contributed by atoms with Gasteiger partial charge in [0, 0.05) is 18.7 Å². The highest BCUT2D eigenvalue weighted by atomic mass is 16.5. The topological polar surface area (TPSA) is 48.0 Å². The first-order chi connectivity index (χ1) is 12.3. The molecule has 0 bridgehead atoms. The van der Waals surface area contributed by atoms with Gasteiger partial charge in [0.15, 0.2) is 0 Å². The second kappa shape index (κ2) is 7.75. The van der Waals surface area contributed by atoms with E-state index in [1.807, 2.05) is 29.2 Å². The predicted octanol–water partition coefficient (Wildman–Crippen LogP) is 3.03. The Morgan fingerprint density at radius 3 is 2.68 bits per heavy atom. The molecule has 3 atom stereocenters. The van der Waals surface area contributed by atoms with Gasteiger partial charge in [-0.3, -0.25) is 4.79 Å². The van der Waals surface area contributed by atoms with Gasteiger partial charge >= 0.3 is 0 Å². The number of carbonyl (C=O) groups excluding carboxylic acids is 1. The molecule has 1 aromatic rings. The van der Waals surface area contributed by atoms with Crippen LogP contribution in [0.15, 0.2) is 24.3 Å². The smallest absolute Gasteiger partial charge is 0.254 e. The molecule has 1 saturated carbocycles. The summed E-state index contributed by atoms with van der Waals surface area (Å²) >= 11 is 0. The third kappa shape index (κ3) is 3.82. The minimum atomic E-state index is 0.117. The average molecular weight is 345 g/mol. The molecule has 1 aliphatic carbocycles. The fourth-order valence-electron chi connectivity index (χ4n) is 4.17. The lowest BCUT2D eigenvalue weighted by Crippen LogP contribution is -2.54. The molecule has 2 saturated heterocycles. The summed E-state index contributed by atoms with van der Waals surface area (Å²) in [5.41, 5.74) is 0.732. The molecular weight excluding hydrogens is 318 g/mol. The third-order valence-corrected chi connectivity index (χ3v) is 5.55. The van der Waals surface area contributed by atoms with Crippen LogP contribution in [0.2, 0.25) is 0 Å². The number of hydrogen-bond donors (Lipinski definition) is 0. The highest BCUT2D eigenvalue weighted by molar-refractivity contribution is 5.94. The highest BCUT2D eigenvalue weighted by Crippen LogP contribution is 2.29. The van der Waals surface area contributed by atoms with Crippen molar-refractivity contribution >= 4 is 5.91 Å². The maximum Gasteiger partial charge on any atom is 0.254 e. The van der Waals surface area contributed by atoms with Crippen molar-refractivity contribution in [3.8, 4) is 5.75 Å². The van der Waals surface area contributed by atoms with Crippen molar-refractivity contribution in [3.05, 3.63) is 29.8 Å².